The number of aliphatic hydroxyl groups excluding tert-OH is 1. The lowest BCUT2D eigenvalue weighted by Gasteiger charge is -2.16. The van der Waals surface area contributed by atoms with E-state index in [4.69, 9.17) is 0 Å². The normalized spacial score (nSPS) is 12.9. The molecule has 0 spiro atoms. The van der Waals surface area contributed by atoms with Gasteiger partial charge in [-0.15, -0.1) is 0 Å². The van der Waals surface area contributed by atoms with Crippen LogP contribution in [0.1, 0.15) is 29.9 Å². The molecule has 0 radical (unpaired) electrons. The third kappa shape index (κ3) is 6.43. The molecule has 0 heterocycles. The first-order chi connectivity index (χ1) is 11.6. The van der Waals surface area contributed by atoms with Crippen molar-refractivity contribution in [3.63, 3.8) is 0 Å². The smallest absolute Gasteiger partial charge is 0.211 e. The van der Waals surface area contributed by atoms with Gasteiger partial charge in [0.05, 0.1) is 5.75 Å². The van der Waals surface area contributed by atoms with Crippen molar-refractivity contribution < 1.29 is 13.5 Å². The molecule has 0 fully saturated rings. The predicted molar refractivity (Wildman–Crippen MR) is 97.4 cm³/mol. The van der Waals surface area contributed by atoms with Crippen molar-refractivity contribution in [2.75, 3.05) is 18.9 Å². The van der Waals surface area contributed by atoms with Gasteiger partial charge in [0.15, 0.2) is 0 Å². The Morgan fingerprint density at radius 3 is 2.17 bits per heavy atom. The van der Waals surface area contributed by atoms with Crippen LogP contribution < -0.4 is 4.72 Å². The standard InChI is InChI=1S/C19H25NO3S/c21-15-12-19(18-9-5-2-6-10-18)11-14-20-24(22,23)16-13-17-7-3-1-4-8-17/h1-10,19-21H,11-16H2. The molecule has 0 aliphatic heterocycles. The van der Waals surface area contributed by atoms with E-state index in [9.17, 15) is 13.5 Å². The van der Waals surface area contributed by atoms with Crippen LogP contribution in [0.2, 0.25) is 0 Å². The molecule has 4 nitrogen and oxygen atoms in total. The molecule has 0 saturated heterocycles. The minimum absolute atomic E-state index is 0.0903. The Morgan fingerprint density at radius 2 is 1.54 bits per heavy atom. The summed E-state index contributed by atoms with van der Waals surface area (Å²) in [5, 5.41) is 9.23. The highest BCUT2D eigenvalue weighted by Gasteiger charge is 2.14. The lowest BCUT2D eigenvalue weighted by atomic mass is 9.93. The zero-order chi connectivity index (χ0) is 17.3. The second-order valence-corrected chi connectivity index (χ2v) is 7.78. The number of sulfonamides is 1. The van der Waals surface area contributed by atoms with E-state index in [-0.39, 0.29) is 18.3 Å². The number of aliphatic hydroxyl groups is 1. The molecule has 2 N–H and O–H groups in total. The largest absolute Gasteiger partial charge is 0.396 e. The van der Waals surface area contributed by atoms with Gasteiger partial charge in [0.1, 0.15) is 0 Å². The van der Waals surface area contributed by atoms with E-state index >= 15 is 0 Å². The maximum atomic E-state index is 12.1. The van der Waals surface area contributed by atoms with Crippen LogP contribution in [0.5, 0.6) is 0 Å². The number of hydrogen-bond acceptors (Lipinski definition) is 3. The lowest BCUT2D eigenvalue weighted by molar-refractivity contribution is 0.273. The number of aryl methyl sites for hydroxylation is 1. The van der Waals surface area contributed by atoms with E-state index < -0.39 is 10.0 Å². The van der Waals surface area contributed by atoms with Crippen molar-refractivity contribution in [3.05, 3.63) is 71.8 Å². The highest BCUT2D eigenvalue weighted by Crippen LogP contribution is 2.22. The minimum atomic E-state index is -3.29. The van der Waals surface area contributed by atoms with Gasteiger partial charge in [-0.2, -0.15) is 0 Å². The van der Waals surface area contributed by atoms with Gasteiger partial charge in [0.25, 0.3) is 0 Å². The summed E-state index contributed by atoms with van der Waals surface area (Å²) in [6.45, 7) is 0.483. The Kier molecular flexibility index (Phi) is 7.43. The maximum absolute atomic E-state index is 12.1. The monoisotopic (exact) mass is 347 g/mol. The molecule has 0 bridgehead atoms. The molecular weight excluding hydrogens is 322 g/mol. The molecule has 5 heteroatoms. The molecule has 0 aliphatic rings. The molecule has 130 valence electrons. The van der Waals surface area contributed by atoms with Crippen LogP contribution in [-0.2, 0) is 16.4 Å². The van der Waals surface area contributed by atoms with Gasteiger partial charge < -0.3 is 5.11 Å². The van der Waals surface area contributed by atoms with Gasteiger partial charge in [0, 0.05) is 13.2 Å². The number of hydrogen-bond donors (Lipinski definition) is 2. The lowest BCUT2D eigenvalue weighted by Crippen LogP contribution is -2.29. The summed E-state index contributed by atoms with van der Waals surface area (Å²) in [4.78, 5) is 0. The molecule has 0 saturated carbocycles. The molecule has 1 atom stereocenters. The van der Waals surface area contributed by atoms with Crippen LogP contribution in [0.4, 0.5) is 0 Å². The first-order valence-electron chi connectivity index (χ1n) is 8.28. The van der Waals surface area contributed by atoms with Crippen molar-refractivity contribution in [1.29, 1.82) is 0 Å². The summed E-state index contributed by atoms with van der Waals surface area (Å²) in [7, 11) is -3.29. The summed E-state index contributed by atoms with van der Waals surface area (Å²) in [5.74, 6) is 0.251. The minimum Gasteiger partial charge on any atom is -0.396 e. The van der Waals surface area contributed by atoms with Gasteiger partial charge in [-0.3, -0.25) is 0 Å². The Morgan fingerprint density at radius 1 is 0.917 bits per heavy atom. The summed E-state index contributed by atoms with van der Waals surface area (Å²) < 4.78 is 26.9. The third-order valence-electron chi connectivity index (χ3n) is 4.07. The average Bonchev–Trinajstić information content (AvgIpc) is 2.61. The maximum Gasteiger partial charge on any atom is 0.211 e. The van der Waals surface area contributed by atoms with E-state index in [2.05, 4.69) is 4.72 Å². The predicted octanol–water partition coefficient (Wildman–Crippen LogP) is 2.70. The Balaban J connectivity index is 1.82. The van der Waals surface area contributed by atoms with E-state index in [1.807, 2.05) is 60.7 Å². The summed E-state index contributed by atoms with van der Waals surface area (Å²) in [5.41, 5.74) is 2.15. The molecule has 0 aromatic heterocycles. The highest BCUT2D eigenvalue weighted by molar-refractivity contribution is 7.89. The number of rotatable bonds is 10. The number of nitrogens with one attached hydrogen (secondary N) is 1. The van der Waals surface area contributed by atoms with Crippen LogP contribution in [0.3, 0.4) is 0 Å². The van der Waals surface area contributed by atoms with Crippen molar-refractivity contribution in [2.24, 2.45) is 0 Å². The van der Waals surface area contributed by atoms with E-state index in [1.54, 1.807) is 0 Å². The Hall–Kier alpha value is -1.69. The molecule has 2 aromatic rings. The van der Waals surface area contributed by atoms with Gasteiger partial charge in [-0.25, -0.2) is 13.1 Å². The SMILES string of the molecule is O=S(=O)(CCc1ccccc1)NCCC(CCO)c1ccccc1. The van der Waals surface area contributed by atoms with E-state index in [0.29, 0.717) is 25.8 Å². The fourth-order valence-corrected chi connectivity index (χ4v) is 3.79. The molecule has 2 aromatic carbocycles. The molecule has 0 aliphatic carbocycles. The topological polar surface area (TPSA) is 66.4 Å². The van der Waals surface area contributed by atoms with Crippen molar-refractivity contribution in [2.45, 2.75) is 25.2 Å². The van der Waals surface area contributed by atoms with E-state index in [1.165, 1.54) is 0 Å². The van der Waals surface area contributed by atoms with Crippen molar-refractivity contribution >= 4 is 10.0 Å². The van der Waals surface area contributed by atoms with Crippen LogP contribution >= 0.6 is 0 Å². The van der Waals surface area contributed by atoms with Gasteiger partial charge in [-0.05, 0) is 36.3 Å². The first kappa shape index (κ1) is 18.6. The quantitative estimate of drug-likeness (QED) is 0.694. The number of benzene rings is 2. The first-order valence-corrected chi connectivity index (χ1v) is 9.93. The summed E-state index contributed by atoms with van der Waals surface area (Å²) >= 11 is 0. The molecular formula is C19H25NO3S. The van der Waals surface area contributed by atoms with Crippen LogP contribution in [-0.4, -0.2) is 32.4 Å². The van der Waals surface area contributed by atoms with E-state index in [0.717, 1.165) is 11.1 Å². The van der Waals surface area contributed by atoms with Gasteiger partial charge in [0.2, 0.25) is 10.0 Å². The third-order valence-corrected chi connectivity index (χ3v) is 5.45. The second-order valence-electron chi connectivity index (χ2n) is 5.86. The zero-order valence-corrected chi connectivity index (χ0v) is 14.6. The van der Waals surface area contributed by atoms with Crippen molar-refractivity contribution in [1.82, 2.24) is 4.72 Å². The molecule has 1 unspecified atom stereocenters. The van der Waals surface area contributed by atoms with Crippen LogP contribution in [0, 0.1) is 0 Å². The molecule has 24 heavy (non-hydrogen) atoms. The molecule has 2 rings (SSSR count). The van der Waals surface area contributed by atoms with Crippen molar-refractivity contribution in [3.8, 4) is 0 Å². The van der Waals surface area contributed by atoms with Crippen LogP contribution in [0.15, 0.2) is 60.7 Å². The Labute approximate surface area is 144 Å². The fourth-order valence-electron chi connectivity index (χ4n) is 2.72. The zero-order valence-electron chi connectivity index (χ0n) is 13.8. The molecule has 0 amide bonds. The highest BCUT2D eigenvalue weighted by atomic mass is 32.2. The van der Waals surface area contributed by atoms with Gasteiger partial charge in [-0.1, -0.05) is 60.7 Å². The summed E-state index contributed by atoms with van der Waals surface area (Å²) in [6, 6.07) is 19.5. The Bertz CT molecular complexity index is 687. The fraction of sp³-hybridized carbons (Fsp3) is 0.368. The average molecular weight is 347 g/mol. The van der Waals surface area contributed by atoms with Gasteiger partial charge >= 0.3 is 0 Å². The summed E-state index contributed by atoms with van der Waals surface area (Å²) in [6.07, 6.45) is 1.82. The second kappa shape index (κ2) is 9.57. The van der Waals surface area contributed by atoms with Crippen LogP contribution in [0.25, 0.3) is 0 Å².